The number of hydrogen-bond acceptors (Lipinski definition) is 5. The van der Waals surface area contributed by atoms with E-state index in [9.17, 15) is 14.7 Å². The summed E-state index contributed by atoms with van der Waals surface area (Å²) in [7, 11) is 0. The van der Waals surface area contributed by atoms with Gasteiger partial charge in [0.1, 0.15) is 16.9 Å². The first kappa shape index (κ1) is 18.4. The van der Waals surface area contributed by atoms with Crippen LogP contribution in [0.1, 0.15) is 17.9 Å². The van der Waals surface area contributed by atoms with Crippen molar-refractivity contribution in [2.45, 2.75) is 17.5 Å². The molecule has 0 aliphatic carbocycles. The highest BCUT2D eigenvalue weighted by atomic mass is 35.5. The molecule has 0 aromatic heterocycles. The summed E-state index contributed by atoms with van der Waals surface area (Å²) in [4.78, 5) is 24.6. The molecule has 1 fully saturated rings. The standard InChI is InChI=1S/C18H17ClN2O4S/c1-11-17(24)21(18(26-11)12-2-6-14(22)7-3-12)20-16(23)10-25-15-8-4-13(19)5-9-15/h2-9,11,18,22H,10H2,1H3,(H,20,23). The van der Waals surface area contributed by atoms with Crippen molar-refractivity contribution in [1.82, 2.24) is 10.4 Å². The fourth-order valence-electron chi connectivity index (χ4n) is 2.45. The van der Waals surface area contributed by atoms with Gasteiger partial charge in [-0.1, -0.05) is 23.7 Å². The van der Waals surface area contributed by atoms with Crippen molar-refractivity contribution in [2.24, 2.45) is 0 Å². The summed E-state index contributed by atoms with van der Waals surface area (Å²) in [5.41, 5.74) is 3.42. The Bertz CT molecular complexity index is 798. The van der Waals surface area contributed by atoms with Crippen LogP contribution in [0.2, 0.25) is 5.02 Å². The molecule has 2 amide bonds. The van der Waals surface area contributed by atoms with Crippen LogP contribution in [0.4, 0.5) is 0 Å². The highest BCUT2D eigenvalue weighted by Gasteiger charge is 2.39. The summed E-state index contributed by atoms with van der Waals surface area (Å²) < 4.78 is 5.40. The summed E-state index contributed by atoms with van der Waals surface area (Å²) in [5, 5.41) is 10.7. The number of phenols is 1. The van der Waals surface area contributed by atoms with Crippen molar-refractivity contribution in [3.05, 3.63) is 59.1 Å². The van der Waals surface area contributed by atoms with Gasteiger partial charge in [0.05, 0.1) is 5.25 Å². The zero-order valence-corrected chi connectivity index (χ0v) is 15.5. The Morgan fingerprint density at radius 3 is 2.54 bits per heavy atom. The van der Waals surface area contributed by atoms with Crippen LogP contribution >= 0.6 is 23.4 Å². The minimum absolute atomic E-state index is 0.142. The molecule has 136 valence electrons. The number of amides is 2. The molecule has 6 nitrogen and oxygen atoms in total. The molecule has 0 spiro atoms. The van der Waals surface area contributed by atoms with Crippen LogP contribution in [-0.2, 0) is 9.59 Å². The molecule has 1 aliphatic rings. The van der Waals surface area contributed by atoms with E-state index in [1.54, 1.807) is 55.5 Å². The second-order valence-corrected chi connectivity index (χ2v) is 7.57. The van der Waals surface area contributed by atoms with Crippen LogP contribution in [0.15, 0.2) is 48.5 Å². The van der Waals surface area contributed by atoms with Crippen molar-refractivity contribution >= 4 is 35.2 Å². The van der Waals surface area contributed by atoms with E-state index >= 15 is 0 Å². The monoisotopic (exact) mass is 392 g/mol. The molecular formula is C18H17ClN2O4S. The van der Waals surface area contributed by atoms with Crippen molar-refractivity contribution in [1.29, 1.82) is 0 Å². The molecule has 0 radical (unpaired) electrons. The number of ether oxygens (including phenoxy) is 1. The number of carbonyl (C=O) groups is 2. The third-order valence-electron chi connectivity index (χ3n) is 3.76. The molecule has 2 atom stereocenters. The van der Waals surface area contributed by atoms with Gasteiger partial charge in [-0.3, -0.25) is 15.0 Å². The maximum Gasteiger partial charge on any atom is 0.276 e. The van der Waals surface area contributed by atoms with Gasteiger partial charge in [-0.05, 0) is 48.9 Å². The predicted octanol–water partition coefficient (Wildman–Crippen LogP) is 3.12. The van der Waals surface area contributed by atoms with Gasteiger partial charge >= 0.3 is 0 Å². The minimum Gasteiger partial charge on any atom is -0.508 e. The molecule has 1 aliphatic heterocycles. The molecule has 1 heterocycles. The fourth-order valence-corrected chi connectivity index (χ4v) is 3.79. The second kappa shape index (κ2) is 7.88. The first-order chi connectivity index (χ1) is 12.4. The van der Waals surface area contributed by atoms with Gasteiger partial charge in [-0.25, -0.2) is 5.01 Å². The average molecular weight is 393 g/mol. The highest BCUT2D eigenvalue weighted by Crippen LogP contribution is 2.41. The molecule has 2 unspecified atom stereocenters. The Balaban J connectivity index is 1.65. The number of phenolic OH excluding ortho intramolecular Hbond substituents is 1. The molecule has 3 rings (SSSR count). The number of hydrogen-bond donors (Lipinski definition) is 2. The summed E-state index contributed by atoms with van der Waals surface area (Å²) in [6.07, 6.45) is 0. The number of aromatic hydroxyl groups is 1. The van der Waals surface area contributed by atoms with Gasteiger partial charge in [-0.2, -0.15) is 0 Å². The Morgan fingerprint density at radius 2 is 1.88 bits per heavy atom. The largest absolute Gasteiger partial charge is 0.508 e. The summed E-state index contributed by atoms with van der Waals surface area (Å²) >= 11 is 7.23. The normalized spacial score (nSPS) is 19.5. The van der Waals surface area contributed by atoms with Gasteiger partial charge in [0.15, 0.2) is 6.61 Å². The zero-order chi connectivity index (χ0) is 18.7. The smallest absolute Gasteiger partial charge is 0.276 e. The maximum atomic E-state index is 12.4. The number of carbonyl (C=O) groups excluding carboxylic acids is 2. The van der Waals surface area contributed by atoms with Gasteiger partial charge in [0.25, 0.3) is 11.8 Å². The lowest BCUT2D eigenvalue weighted by atomic mass is 10.2. The number of rotatable bonds is 5. The molecule has 8 heteroatoms. The van der Waals surface area contributed by atoms with Crippen molar-refractivity contribution in [2.75, 3.05) is 6.61 Å². The van der Waals surface area contributed by atoms with E-state index in [2.05, 4.69) is 5.43 Å². The van der Waals surface area contributed by atoms with Crippen molar-refractivity contribution < 1.29 is 19.4 Å². The van der Waals surface area contributed by atoms with Crippen LogP contribution in [-0.4, -0.2) is 33.8 Å². The SMILES string of the molecule is CC1SC(c2ccc(O)cc2)N(NC(=O)COc2ccc(Cl)cc2)C1=O. The lowest BCUT2D eigenvalue weighted by Crippen LogP contribution is -2.47. The van der Waals surface area contributed by atoms with E-state index in [1.165, 1.54) is 16.8 Å². The molecule has 1 saturated heterocycles. The van der Waals surface area contributed by atoms with Crippen LogP contribution in [0, 0.1) is 0 Å². The molecule has 2 aromatic carbocycles. The molecule has 0 bridgehead atoms. The van der Waals surface area contributed by atoms with Gasteiger partial charge in [-0.15, -0.1) is 11.8 Å². The topological polar surface area (TPSA) is 78.9 Å². The van der Waals surface area contributed by atoms with E-state index in [4.69, 9.17) is 16.3 Å². The number of thioether (sulfide) groups is 1. The highest BCUT2D eigenvalue weighted by molar-refractivity contribution is 8.01. The van der Waals surface area contributed by atoms with E-state index in [0.717, 1.165) is 5.56 Å². The Morgan fingerprint density at radius 1 is 1.23 bits per heavy atom. The van der Waals surface area contributed by atoms with E-state index in [1.807, 2.05) is 0 Å². The number of nitrogens with one attached hydrogen (secondary N) is 1. The fraction of sp³-hybridized carbons (Fsp3) is 0.222. The molecule has 26 heavy (non-hydrogen) atoms. The third-order valence-corrected chi connectivity index (χ3v) is 5.36. The summed E-state index contributed by atoms with van der Waals surface area (Å²) in [6.45, 7) is 1.56. The van der Waals surface area contributed by atoms with Crippen LogP contribution in [0.25, 0.3) is 0 Å². The van der Waals surface area contributed by atoms with Gasteiger partial charge in [0, 0.05) is 5.02 Å². The van der Waals surface area contributed by atoms with Gasteiger partial charge < -0.3 is 9.84 Å². The Kier molecular flexibility index (Phi) is 5.58. The van der Waals surface area contributed by atoms with Crippen LogP contribution in [0.3, 0.4) is 0 Å². The van der Waals surface area contributed by atoms with Crippen LogP contribution < -0.4 is 10.2 Å². The number of nitrogens with zero attached hydrogens (tertiary/aromatic N) is 1. The van der Waals surface area contributed by atoms with Crippen LogP contribution in [0.5, 0.6) is 11.5 Å². The van der Waals surface area contributed by atoms with E-state index in [-0.39, 0.29) is 28.9 Å². The zero-order valence-electron chi connectivity index (χ0n) is 13.9. The first-order valence-electron chi connectivity index (χ1n) is 7.89. The van der Waals surface area contributed by atoms with E-state index in [0.29, 0.717) is 10.8 Å². The second-order valence-electron chi connectivity index (χ2n) is 5.71. The molecular weight excluding hydrogens is 376 g/mol. The summed E-state index contributed by atoms with van der Waals surface area (Å²) in [6, 6.07) is 13.2. The van der Waals surface area contributed by atoms with Crippen molar-refractivity contribution in [3.63, 3.8) is 0 Å². The van der Waals surface area contributed by atoms with E-state index < -0.39 is 5.91 Å². The third kappa shape index (κ3) is 4.23. The Labute approximate surface area is 160 Å². The lowest BCUT2D eigenvalue weighted by molar-refractivity contribution is -0.141. The molecule has 2 aromatic rings. The number of benzene rings is 2. The average Bonchev–Trinajstić information content (AvgIpc) is 2.90. The van der Waals surface area contributed by atoms with Gasteiger partial charge in [0.2, 0.25) is 0 Å². The molecule has 2 N–H and O–H groups in total. The Hall–Kier alpha value is -2.38. The number of hydrazine groups is 1. The number of halogens is 1. The first-order valence-corrected chi connectivity index (χ1v) is 9.21. The summed E-state index contributed by atoms with van der Waals surface area (Å²) in [5.74, 6) is 0.0258. The quantitative estimate of drug-likeness (QED) is 0.817. The predicted molar refractivity (Wildman–Crippen MR) is 99.8 cm³/mol. The maximum absolute atomic E-state index is 12.4. The lowest BCUT2D eigenvalue weighted by Gasteiger charge is -2.24. The van der Waals surface area contributed by atoms with Crippen molar-refractivity contribution in [3.8, 4) is 11.5 Å². The molecule has 0 saturated carbocycles. The minimum atomic E-state index is -0.438.